The Hall–Kier alpha value is -2.44. The van der Waals surface area contributed by atoms with E-state index in [2.05, 4.69) is 23.1 Å². The van der Waals surface area contributed by atoms with Crippen molar-refractivity contribution in [3.63, 3.8) is 0 Å². The maximum atomic E-state index is 14.1. The van der Waals surface area contributed by atoms with Crippen molar-refractivity contribution in [1.82, 2.24) is 14.4 Å². The van der Waals surface area contributed by atoms with Crippen LogP contribution in [0, 0.1) is 17.8 Å². The van der Waals surface area contributed by atoms with Crippen molar-refractivity contribution in [2.24, 2.45) is 17.8 Å². The first kappa shape index (κ1) is 21.1. The first-order valence-electron chi connectivity index (χ1n) is 12.6. The lowest BCUT2D eigenvalue weighted by Crippen LogP contribution is -2.48. The van der Waals surface area contributed by atoms with Gasteiger partial charge in [0.2, 0.25) is 5.91 Å². The van der Waals surface area contributed by atoms with Gasteiger partial charge in [-0.25, -0.2) is 0 Å². The van der Waals surface area contributed by atoms with Gasteiger partial charge in [-0.15, -0.1) is 0 Å². The van der Waals surface area contributed by atoms with Crippen LogP contribution in [0.15, 0.2) is 47.3 Å². The van der Waals surface area contributed by atoms with Crippen molar-refractivity contribution in [2.45, 2.75) is 57.3 Å². The molecule has 6 heteroatoms. The highest BCUT2D eigenvalue weighted by molar-refractivity contribution is 5.81. The number of hydrogen-bond acceptors (Lipinski definition) is 4. The number of benzene rings is 1. The lowest BCUT2D eigenvalue weighted by molar-refractivity contribution is -0.139. The maximum Gasteiger partial charge on any atom is 0.250 e. The zero-order chi connectivity index (χ0) is 22.5. The zero-order valence-electron chi connectivity index (χ0n) is 19.1. The number of pyridine rings is 1. The SMILES string of the molecule is O=C([C@@H]1[C@@H](CO)[C@@H]2Cn3c(cccc3=O)[C@H]1N2CC1CCCC1)N1CCc2ccccc2C1. The van der Waals surface area contributed by atoms with Crippen LogP contribution in [0.25, 0.3) is 0 Å². The fourth-order valence-corrected chi connectivity index (χ4v) is 7.09. The molecule has 1 aromatic heterocycles. The Balaban J connectivity index is 1.37. The van der Waals surface area contributed by atoms with E-state index in [1.807, 2.05) is 27.7 Å². The van der Waals surface area contributed by atoms with E-state index in [4.69, 9.17) is 0 Å². The molecular formula is C27H33N3O3. The molecule has 6 rings (SSSR count). The fourth-order valence-electron chi connectivity index (χ4n) is 7.09. The number of carbonyl (C=O) groups excluding carboxylic acids is 1. The number of fused-ring (bicyclic) bond motifs is 5. The fraction of sp³-hybridized carbons (Fsp3) is 0.556. The van der Waals surface area contributed by atoms with Crippen LogP contribution in [-0.4, -0.2) is 51.1 Å². The molecule has 0 radical (unpaired) electrons. The van der Waals surface area contributed by atoms with Gasteiger partial charge in [0.05, 0.1) is 12.0 Å². The van der Waals surface area contributed by atoms with E-state index < -0.39 is 0 Å². The minimum absolute atomic E-state index is 0.000273. The Morgan fingerprint density at radius 3 is 2.61 bits per heavy atom. The van der Waals surface area contributed by atoms with Gasteiger partial charge in [-0.3, -0.25) is 14.5 Å². The number of amides is 1. The molecule has 0 spiro atoms. The molecule has 3 aliphatic heterocycles. The molecule has 1 amide bonds. The Labute approximate surface area is 194 Å². The predicted octanol–water partition coefficient (Wildman–Crippen LogP) is 2.59. The average Bonchev–Trinajstić information content (AvgIpc) is 3.42. The molecule has 1 aromatic carbocycles. The smallest absolute Gasteiger partial charge is 0.250 e. The van der Waals surface area contributed by atoms with Crippen LogP contribution in [0.4, 0.5) is 0 Å². The van der Waals surface area contributed by atoms with Gasteiger partial charge in [-0.2, -0.15) is 0 Å². The van der Waals surface area contributed by atoms with E-state index >= 15 is 0 Å². The van der Waals surface area contributed by atoms with Crippen LogP contribution >= 0.6 is 0 Å². The summed E-state index contributed by atoms with van der Waals surface area (Å²) >= 11 is 0. The lowest BCUT2D eigenvalue weighted by Gasteiger charge is -2.40. The van der Waals surface area contributed by atoms with Crippen molar-refractivity contribution < 1.29 is 9.90 Å². The standard InChI is InChI=1S/C27H33N3O3/c31-17-21-23-16-29-22(10-5-11-24(29)32)26(30(23)14-18-6-1-2-7-18)25(21)27(33)28-13-12-19-8-3-4-9-20(19)15-28/h3-5,8-11,18,21,23,25-26,31H,1-2,6-7,12-17H2/t21-,23-,25+,26+/m0/s1. The molecule has 174 valence electrons. The largest absolute Gasteiger partial charge is 0.396 e. The molecule has 4 aliphatic rings. The highest BCUT2D eigenvalue weighted by Crippen LogP contribution is 2.50. The molecule has 4 heterocycles. The average molecular weight is 448 g/mol. The third-order valence-corrected chi connectivity index (χ3v) is 8.72. The normalized spacial score (nSPS) is 29.2. The van der Waals surface area contributed by atoms with Crippen molar-refractivity contribution in [1.29, 1.82) is 0 Å². The first-order valence-corrected chi connectivity index (χ1v) is 12.6. The van der Waals surface area contributed by atoms with Gasteiger partial charge < -0.3 is 14.6 Å². The quantitative estimate of drug-likeness (QED) is 0.783. The molecule has 2 fully saturated rings. The topological polar surface area (TPSA) is 65.8 Å². The monoisotopic (exact) mass is 447 g/mol. The third-order valence-electron chi connectivity index (χ3n) is 8.72. The summed E-state index contributed by atoms with van der Waals surface area (Å²) in [6.07, 6.45) is 5.91. The molecule has 1 N–H and O–H groups in total. The summed E-state index contributed by atoms with van der Waals surface area (Å²) in [6.45, 7) is 2.85. The molecule has 4 atom stereocenters. The molecule has 1 saturated carbocycles. The summed E-state index contributed by atoms with van der Waals surface area (Å²) < 4.78 is 1.86. The van der Waals surface area contributed by atoms with Crippen LogP contribution in [0.5, 0.6) is 0 Å². The van der Waals surface area contributed by atoms with Gasteiger partial charge in [0.25, 0.3) is 5.56 Å². The lowest BCUT2D eigenvalue weighted by atomic mass is 9.85. The number of carbonyl (C=O) groups is 1. The summed E-state index contributed by atoms with van der Waals surface area (Å²) in [4.78, 5) is 31.3. The van der Waals surface area contributed by atoms with Crippen molar-refractivity contribution in [3.8, 4) is 0 Å². The van der Waals surface area contributed by atoms with Gasteiger partial charge in [-0.05, 0) is 42.4 Å². The van der Waals surface area contributed by atoms with E-state index in [-0.39, 0.29) is 42.0 Å². The molecule has 2 bridgehead atoms. The summed E-state index contributed by atoms with van der Waals surface area (Å²) in [5.41, 5.74) is 3.49. The van der Waals surface area contributed by atoms with Crippen LogP contribution in [0.2, 0.25) is 0 Å². The molecule has 6 nitrogen and oxygen atoms in total. The predicted molar refractivity (Wildman–Crippen MR) is 126 cm³/mol. The molecule has 2 aromatic rings. The highest BCUT2D eigenvalue weighted by atomic mass is 16.3. The van der Waals surface area contributed by atoms with Gasteiger partial charge >= 0.3 is 0 Å². The van der Waals surface area contributed by atoms with Crippen molar-refractivity contribution in [2.75, 3.05) is 19.7 Å². The number of rotatable bonds is 4. The second-order valence-corrected chi connectivity index (χ2v) is 10.4. The summed E-state index contributed by atoms with van der Waals surface area (Å²) in [5, 5.41) is 10.5. The van der Waals surface area contributed by atoms with Crippen molar-refractivity contribution in [3.05, 3.63) is 69.6 Å². The second-order valence-electron chi connectivity index (χ2n) is 10.4. The Bertz CT molecular complexity index is 1110. The molecule has 33 heavy (non-hydrogen) atoms. The van der Waals surface area contributed by atoms with Crippen LogP contribution in [-0.2, 0) is 24.3 Å². The number of nitrogens with zero attached hydrogens (tertiary/aromatic N) is 3. The third kappa shape index (κ3) is 3.46. The number of aliphatic hydroxyl groups excluding tert-OH is 1. The minimum Gasteiger partial charge on any atom is -0.396 e. The molecule has 1 saturated heterocycles. The van der Waals surface area contributed by atoms with Gasteiger partial charge in [-0.1, -0.05) is 43.2 Å². The molecule has 0 unspecified atom stereocenters. The Morgan fingerprint density at radius 1 is 1.03 bits per heavy atom. The maximum absolute atomic E-state index is 14.1. The van der Waals surface area contributed by atoms with E-state index in [0.29, 0.717) is 25.6 Å². The Morgan fingerprint density at radius 2 is 1.82 bits per heavy atom. The summed E-state index contributed by atoms with van der Waals surface area (Å²) in [6, 6.07) is 13.7. The van der Waals surface area contributed by atoms with Crippen LogP contribution in [0.1, 0.15) is 48.5 Å². The number of aliphatic hydroxyl groups is 1. The van der Waals surface area contributed by atoms with Gasteiger partial charge in [0.15, 0.2) is 0 Å². The Kier molecular flexibility index (Phi) is 5.38. The number of aromatic nitrogens is 1. The van der Waals surface area contributed by atoms with E-state index in [9.17, 15) is 14.7 Å². The minimum atomic E-state index is -0.317. The van der Waals surface area contributed by atoms with Crippen molar-refractivity contribution >= 4 is 5.91 Å². The van der Waals surface area contributed by atoms with Crippen LogP contribution < -0.4 is 5.56 Å². The first-order chi connectivity index (χ1) is 16.2. The highest BCUT2D eigenvalue weighted by Gasteiger charge is 2.56. The molecular weight excluding hydrogens is 414 g/mol. The molecule has 1 aliphatic carbocycles. The zero-order valence-corrected chi connectivity index (χ0v) is 19.1. The summed E-state index contributed by atoms with van der Waals surface area (Å²) in [7, 11) is 0. The second kappa shape index (κ2) is 8.41. The van der Waals surface area contributed by atoms with Gasteiger partial charge in [0.1, 0.15) is 0 Å². The van der Waals surface area contributed by atoms with Crippen LogP contribution in [0.3, 0.4) is 0 Å². The van der Waals surface area contributed by atoms with E-state index in [1.54, 1.807) is 6.07 Å². The van der Waals surface area contributed by atoms with Gasteiger partial charge in [0, 0.05) is 56.5 Å². The number of hydrogen-bond donors (Lipinski definition) is 1. The van der Waals surface area contributed by atoms with E-state index in [0.717, 1.165) is 18.7 Å². The summed E-state index contributed by atoms with van der Waals surface area (Å²) in [5.74, 6) is 0.312. The van der Waals surface area contributed by atoms with E-state index in [1.165, 1.54) is 36.8 Å².